The van der Waals surface area contributed by atoms with Crippen molar-refractivity contribution in [3.63, 3.8) is 0 Å². The van der Waals surface area contributed by atoms with Gasteiger partial charge in [0.2, 0.25) is 0 Å². The number of imidazole rings is 1. The van der Waals surface area contributed by atoms with Crippen LogP contribution in [0.1, 0.15) is 48.9 Å². The Morgan fingerprint density at radius 2 is 2.06 bits per heavy atom. The van der Waals surface area contributed by atoms with E-state index in [1.165, 1.54) is 11.2 Å². The van der Waals surface area contributed by atoms with Crippen LogP contribution in [0.4, 0.5) is 5.82 Å². The number of halogens is 2. The van der Waals surface area contributed by atoms with Gasteiger partial charge in [0.05, 0.1) is 39.8 Å². The summed E-state index contributed by atoms with van der Waals surface area (Å²) in [4.78, 5) is 43.9. The first-order valence-corrected chi connectivity index (χ1v) is 12.4. The molecule has 9 nitrogen and oxygen atoms in total. The highest BCUT2D eigenvalue weighted by atomic mass is 35.5. The Morgan fingerprint density at radius 3 is 2.86 bits per heavy atom. The maximum Gasteiger partial charge on any atom is 0.328 e. The van der Waals surface area contributed by atoms with Crippen LogP contribution < -0.4 is 5.32 Å². The van der Waals surface area contributed by atoms with E-state index in [9.17, 15) is 9.59 Å². The number of ether oxygens (including phenoxy) is 1. The average molecular weight is 527 g/mol. The molecule has 4 aromatic rings. The molecule has 11 heteroatoms. The van der Waals surface area contributed by atoms with Gasteiger partial charge in [-0.1, -0.05) is 23.2 Å². The van der Waals surface area contributed by atoms with Crippen molar-refractivity contribution >= 4 is 62.8 Å². The second kappa shape index (κ2) is 9.91. The highest BCUT2D eigenvalue weighted by Gasteiger charge is 2.36. The van der Waals surface area contributed by atoms with Crippen molar-refractivity contribution in [3.8, 4) is 0 Å². The normalized spacial score (nSPS) is 16.4. The molecule has 0 saturated carbocycles. The second-order valence-electron chi connectivity index (χ2n) is 8.63. The zero-order valence-electron chi connectivity index (χ0n) is 19.7. The summed E-state index contributed by atoms with van der Waals surface area (Å²) in [5.74, 6) is 0.559. The van der Waals surface area contributed by atoms with Gasteiger partial charge in [-0.05, 0) is 57.0 Å². The Kier molecular flexibility index (Phi) is 6.68. The lowest BCUT2D eigenvalue weighted by atomic mass is 10.1. The van der Waals surface area contributed by atoms with E-state index in [1.54, 1.807) is 25.1 Å². The Bertz CT molecular complexity index is 1470. The van der Waals surface area contributed by atoms with Gasteiger partial charge < -0.3 is 19.9 Å². The molecule has 0 spiro atoms. The monoisotopic (exact) mass is 526 g/mol. The van der Waals surface area contributed by atoms with Crippen LogP contribution in [-0.2, 0) is 9.53 Å². The molecule has 1 aliphatic heterocycles. The molecule has 1 saturated heterocycles. The number of likely N-dealkylation sites (tertiary alicyclic amines) is 1. The predicted octanol–water partition coefficient (Wildman–Crippen LogP) is 5.15. The highest BCUT2D eigenvalue weighted by Crippen LogP contribution is 2.31. The number of fused-ring (bicyclic) bond motifs is 2. The van der Waals surface area contributed by atoms with Crippen LogP contribution in [-0.4, -0.2) is 55.9 Å². The Morgan fingerprint density at radius 1 is 1.22 bits per heavy atom. The molecule has 1 unspecified atom stereocenters. The minimum Gasteiger partial charge on any atom is -0.464 e. The molecule has 2 atom stereocenters. The van der Waals surface area contributed by atoms with E-state index in [4.69, 9.17) is 27.9 Å². The fraction of sp³-hybridized carbons (Fsp3) is 0.320. The number of amides is 1. The van der Waals surface area contributed by atoms with Crippen LogP contribution in [0.25, 0.3) is 21.9 Å². The van der Waals surface area contributed by atoms with E-state index in [-0.39, 0.29) is 29.1 Å². The summed E-state index contributed by atoms with van der Waals surface area (Å²) < 4.78 is 5.15. The third-order valence-corrected chi connectivity index (χ3v) is 6.80. The Balaban J connectivity index is 1.42. The van der Waals surface area contributed by atoms with Gasteiger partial charge in [0.1, 0.15) is 24.0 Å². The quantitative estimate of drug-likeness (QED) is 0.333. The molecule has 2 N–H and O–H groups in total. The van der Waals surface area contributed by atoms with Crippen molar-refractivity contribution in [3.05, 3.63) is 58.1 Å². The number of esters is 1. The van der Waals surface area contributed by atoms with Crippen LogP contribution in [0.5, 0.6) is 0 Å². The number of rotatable bonds is 6. The third-order valence-electron chi connectivity index (χ3n) is 6.25. The van der Waals surface area contributed by atoms with Gasteiger partial charge in [-0.25, -0.2) is 19.7 Å². The van der Waals surface area contributed by atoms with Crippen LogP contribution in [0.2, 0.25) is 10.0 Å². The molecule has 2 aromatic heterocycles. The summed E-state index contributed by atoms with van der Waals surface area (Å²) in [6.07, 6.45) is 2.72. The topological polar surface area (TPSA) is 113 Å². The average Bonchev–Trinajstić information content (AvgIpc) is 3.51. The number of nitrogens with one attached hydrogen (secondary N) is 2. The largest absolute Gasteiger partial charge is 0.464 e. The maximum absolute atomic E-state index is 13.3. The number of nitrogens with zero attached hydrogens (tertiary/aromatic N) is 4. The van der Waals surface area contributed by atoms with E-state index in [1.807, 2.05) is 19.1 Å². The maximum atomic E-state index is 13.3. The van der Waals surface area contributed by atoms with Crippen molar-refractivity contribution in [2.24, 2.45) is 0 Å². The van der Waals surface area contributed by atoms with Gasteiger partial charge in [0.25, 0.3) is 5.91 Å². The number of aromatic amines is 1. The molecule has 1 aliphatic rings. The number of carbonyl (C=O) groups is 2. The summed E-state index contributed by atoms with van der Waals surface area (Å²) in [7, 11) is 0. The van der Waals surface area contributed by atoms with Gasteiger partial charge in [-0.2, -0.15) is 0 Å². The number of carbonyl (C=O) groups excluding carboxylic acids is 2. The molecule has 1 fully saturated rings. The first kappa shape index (κ1) is 24.3. The number of anilines is 1. The van der Waals surface area contributed by atoms with E-state index in [0.29, 0.717) is 34.7 Å². The first-order valence-electron chi connectivity index (χ1n) is 11.7. The lowest BCUT2D eigenvalue weighted by Crippen LogP contribution is -2.41. The standard InChI is InChI=1S/C25H24Cl2N6O3/c1-3-36-25(35)21-5-4-8-33(21)24(34)15-11-19-16(10-17(15)27)23(29-12-28-19)30-13(2)22-31-18-7-6-14(26)9-20(18)32-22/h6-7,9-13,21H,3-5,8H2,1-2H3,(H,31,32)(H,28,29,30)/t13?,21-/m0/s1. The van der Waals surface area contributed by atoms with Gasteiger partial charge in [-0.15, -0.1) is 0 Å². The summed E-state index contributed by atoms with van der Waals surface area (Å²) in [5.41, 5.74) is 2.49. The van der Waals surface area contributed by atoms with Crippen molar-refractivity contribution < 1.29 is 14.3 Å². The molecule has 1 amide bonds. The van der Waals surface area contributed by atoms with Crippen molar-refractivity contribution in [1.29, 1.82) is 0 Å². The van der Waals surface area contributed by atoms with Crippen molar-refractivity contribution in [2.75, 3.05) is 18.5 Å². The third kappa shape index (κ3) is 4.56. The number of hydrogen-bond acceptors (Lipinski definition) is 7. The number of H-pyrrole nitrogens is 1. The SMILES string of the molecule is CCOC(=O)[C@@H]1CCCN1C(=O)c1cc2ncnc(NC(C)c3nc4ccc(Cl)cc4[nH]3)c2cc1Cl. The molecule has 186 valence electrons. The van der Waals surface area contributed by atoms with E-state index >= 15 is 0 Å². The van der Waals surface area contributed by atoms with Crippen molar-refractivity contribution in [2.45, 2.75) is 38.8 Å². The molecule has 3 heterocycles. The van der Waals surface area contributed by atoms with Crippen LogP contribution in [0.15, 0.2) is 36.7 Å². The molecule has 0 radical (unpaired) electrons. The predicted molar refractivity (Wildman–Crippen MR) is 138 cm³/mol. The zero-order valence-corrected chi connectivity index (χ0v) is 21.2. The fourth-order valence-electron chi connectivity index (χ4n) is 4.48. The molecular formula is C25H24Cl2N6O3. The molecule has 36 heavy (non-hydrogen) atoms. The van der Waals surface area contributed by atoms with Crippen LogP contribution >= 0.6 is 23.2 Å². The Hall–Kier alpha value is -3.43. The zero-order chi connectivity index (χ0) is 25.4. The molecule has 0 bridgehead atoms. The van der Waals surface area contributed by atoms with Gasteiger partial charge in [-0.3, -0.25) is 4.79 Å². The summed E-state index contributed by atoms with van der Waals surface area (Å²) in [6.45, 7) is 4.43. The summed E-state index contributed by atoms with van der Waals surface area (Å²) in [5, 5.41) is 4.89. The van der Waals surface area contributed by atoms with E-state index in [0.717, 1.165) is 23.3 Å². The smallest absolute Gasteiger partial charge is 0.328 e. The van der Waals surface area contributed by atoms with E-state index in [2.05, 4.69) is 25.3 Å². The molecular weight excluding hydrogens is 503 g/mol. The summed E-state index contributed by atoms with van der Waals surface area (Å²) >= 11 is 12.7. The van der Waals surface area contributed by atoms with Crippen molar-refractivity contribution in [1.82, 2.24) is 24.8 Å². The highest BCUT2D eigenvalue weighted by molar-refractivity contribution is 6.35. The Labute approximate surface area is 217 Å². The number of aromatic nitrogens is 4. The van der Waals surface area contributed by atoms with E-state index < -0.39 is 12.0 Å². The van der Waals surface area contributed by atoms with Gasteiger partial charge >= 0.3 is 5.97 Å². The lowest BCUT2D eigenvalue weighted by Gasteiger charge is -2.23. The first-order chi connectivity index (χ1) is 17.4. The van der Waals surface area contributed by atoms with Crippen LogP contribution in [0, 0.1) is 0 Å². The minimum absolute atomic E-state index is 0.218. The summed E-state index contributed by atoms with van der Waals surface area (Å²) in [6, 6.07) is 7.97. The van der Waals surface area contributed by atoms with Gasteiger partial charge in [0.15, 0.2) is 0 Å². The molecule has 5 rings (SSSR count). The molecule has 0 aliphatic carbocycles. The number of hydrogen-bond donors (Lipinski definition) is 2. The second-order valence-corrected chi connectivity index (χ2v) is 9.47. The molecule has 2 aromatic carbocycles. The number of benzene rings is 2. The lowest BCUT2D eigenvalue weighted by molar-refractivity contribution is -0.147. The van der Waals surface area contributed by atoms with Gasteiger partial charge in [0, 0.05) is 17.0 Å². The fourth-order valence-corrected chi connectivity index (χ4v) is 4.90. The minimum atomic E-state index is -0.605. The van der Waals surface area contributed by atoms with Crippen LogP contribution in [0.3, 0.4) is 0 Å².